The van der Waals surface area contributed by atoms with Gasteiger partial charge in [0.15, 0.2) is 5.78 Å². The lowest BCUT2D eigenvalue weighted by molar-refractivity contribution is -0.384. The summed E-state index contributed by atoms with van der Waals surface area (Å²) in [7, 11) is 0. The number of hydrogen-bond donors (Lipinski definition) is 0. The van der Waals surface area contributed by atoms with Crippen molar-refractivity contribution >= 4 is 27.4 Å². The first-order chi connectivity index (χ1) is 9.49. The first-order valence-corrected chi connectivity index (χ1v) is 6.49. The lowest BCUT2D eigenvalue weighted by atomic mass is 10.0. The van der Waals surface area contributed by atoms with Crippen LogP contribution in [0.3, 0.4) is 0 Å². The highest BCUT2D eigenvalue weighted by atomic mass is 79.9. The summed E-state index contributed by atoms with van der Waals surface area (Å²) >= 11 is 3.02. The SMILES string of the molecule is O=C(Cc1ccc([N+](=O)[O-])cc1)c1cccc(Br)c1F. The number of ketones is 1. The zero-order valence-electron chi connectivity index (χ0n) is 10.2. The van der Waals surface area contributed by atoms with E-state index in [9.17, 15) is 19.3 Å². The van der Waals surface area contributed by atoms with E-state index in [4.69, 9.17) is 0 Å². The minimum Gasteiger partial charge on any atom is -0.294 e. The molecule has 6 heteroatoms. The first-order valence-electron chi connectivity index (χ1n) is 5.69. The van der Waals surface area contributed by atoms with Gasteiger partial charge in [-0.15, -0.1) is 0 Å². The number of nitro benzene ring substituents is 1. The Morgan fingerprint density at radius 2 is 1.85 bits per heavy atom. The second-order valence-electron chi connectivity index (χ2n) is 4.12. The molecule has 0 aromatic heterocycles. The molecule has 102 valence electrons. The Hall–Kier alpha value is -2.08. The number of nitrogens with zero attached hydrogens (tertiary/aromatic N) is 1. The van der Waals surface area contributed by atoms with Crippen LogP contribution in [0.1, 0.15) is 15.9 Å². The van der Waals surface area contributed by atoms with Crippen LogP contribution in [0.25, 0.3) is 0 Å². The Labute approximate surface area is 122 Å². The van der Waals surface area contributed by atoms with Gasteiger partial charge in [-0.3, -0.25) is 14.9 Å². The summed E-state index contributed by atoms with van der Waals surface area (Å²) in [5, 5.41) is 10.5. The van der Waals surface area contributed by atoms with Crippen molar-refractivity contribution in [3.8, 4) is 0 Å². The Bertz CT molecular complexity index is 671. The van der Waals surface area contributed by atoms with E-state index in [-0.39, 0.29) is 27.9 Å². The van der Waals surface area contributed by atoms with Crippen molar-refractivity contribution < 1.29 is 14.1 Å². The number of carbonyl (C=O) groups is 1. The van der Waals surface area contributed by atoms with Crippen LogP contribution in [-0.2, 0) is 6.42 Å². The predicted molar refractivity (Wildman–Crippen MR) is 75.2 cm³/mol. The third kappa shape index (κ3) is 3.08. The number of benzene rings is 2. The van der Waals surface area contributed by atoms with Gasteiger partial charge in [0.2, 0.25) is 0 Å². The highest BCUT2D eigenvalue weighted by Crippen LogP contribution is 2.20. The van der Waals surface area contributed by atoms with Crippen LogP contribution in [0.4, 0.5) is 10.1 Å². The quantitative estimate of drug-likeness (QED) is 0.482. The van der Waals surface area contributed by atoms with Gasteiger partial charge in [0, 0.05) is 18.6 Å². The van der Waals surface area contributed by atoms with Gasteiger partial charge >= 0.3 is 0 Å². The third-order valence-electron chi connectivity index (χ3n) is 2.76. The summed E-state index contributed by atoms with van der Waals surface area (Å²) in [5.41, 5.74) is 0.549. The fourth-order valence-electron chi connectivity index (χ4n) is 1.74. The second-order valence-corrected chi connectivity index (χ2v) is 4.98. The van der Waals surface area contributed by atoms with Crippen molar-refractivity contribution in [2.24, 2.45) is 0 Å². The average Bonchev–Trinajstić information content (AvgIpc) is 2.42. The van der Waals surface area contributed by atoms with E-state index in [1.165, 1.54) is 36.4 Å². The molecule has 0 aliphatic heterocycles. The average molecular weight is 338 g/mol. The van der Waals surface area contributed by atoms with Crippen molar-refractivity contribution in [2.75, 3.05) is 0 Å². The molecule has 0 saturated carbocycles. The standard InChI is InChI=1S/C14H9BrFNO3/c15-12-3-1-2-11(14(12)16)13(18)8-9-4-6-10(7-5-9)17(19)20/h1-7H,8H2. The molecule has 0 spiro atoms. The molecule has 0 aliphatic carbocycles. The number of nitro groups is 1. The Morgan fingerprint density at radius 1 is 1.20 bits per heavy atom. The minimum atomic E-state index is -0.598. The summed E-state index contributed by atoms with van der Waals surface area (Å²) in [6, 6.07) is 10.1. The molecule has 0 N–H and O–H groups in total. The van der Waals surface area contributed by atoms with Gasteiger partial charge in [-0.05, 0) is 33.6 Å². The molecule has 0 amide bonds. The molecule has 0 unspecified atom stereocenters. The zero-order valence-corrected chi connectivity index (χ0v) is 11.8. The molecule has 0 saturated heterocycles. The maximum absolute atomic E-state index is 13.8. The fraction of sp³-hybridized carbons (Fsp3) is 0.0714. The summed E-state index contributed by atoms with van der Waals surface area (Å²) in [4.78, 5) is 22.0. The fourth-order valence-corrected chi connectivity index (χ4v) is 2.10. The largest absolute Gasteiger partial charge is 0.294 e. The maximum atomic E-state index is 13.8. The predicted octanol–water partition coefficient (Wildman–Crippen LogP) is 3.92. The van der Waals surface area contributed by atoms with E-state index in [2.05, 4.69) is 15.9 Å². The molecule has 0 aliphatic rings. The number of Topliss-reactive ketones (excluding diaryl/α,β-unsaturated/α-hetero) is 1. The van der Waals surface area contributed by atoms with Crippen LogP contribution in [0, 0.1) is 15.9 Å². The molecule has 4 nitrogen and oxygen atoms in total. The monoisotopic (exact) mass is 337 g/mol. The number of non-ortho nitro benzene ring substituents is 1. The van der Waals surface area contributed by atoms with Crippen molar-refractivity contribution in [2.45, 2.75) is 6.42 Å². The maximum Gasteiger partial charge on any atom is 0.269 e. The molecule has 20 heavy (non-hydrogen) atoms. The van der Waals surface area contributed by atoms with Crippen molar-refractivity contribution in [1.29, 1.82) is 0 Å². The lowest BCUT2D eigenvalue weighted by Gasteiger charge is -2.04. The third-order valence-corrected chi connectivity index (χ3v) is 3.38. The minimum absolute atomic E-state index is 0.00210. The van der Waals surface area contributed by atoms with Gasteiger partial charge < -0.3 is 0 Å². The normalized spacial score (nSPS) is 10.3. The topological polar surface area (TPSA) is 60.2 Å². The summed E-state index contributed by atoms with van der Waals surface area (Å²) < 4.78 is 14.0. The smallest absolute Gasteiger partial charge is 0.269 e. The van der Waals surface area contributed by atoms with Crippen LogP contribution in [0.5, 0.6) is 0 Å². The van der Waals surface area contributed by atoms with Crippen LogP contribution < -0.4 is 0 Å². The van der Waals surface area contributed by atoms with Gasteiger partial charge in [-0.25, -0.2) is 4.39 Å². The van der Waals surface area contributed by atoms with Crippen molar-refractivity contribution in [1.82, 2.24) is 0 Å². The molecule has 2 aromatic rings. The number of halogens is 2. The Morgan fingerprint density at radius 3 is 2.45 bits per heavy atom. The number of hydrogen-bond acceptors (Lipinski definition) is 3. The molecular weight excluding hydrogens is 329 g/mol. The lowest BCUT2D eigenvalue weighted by Crippen LogP contribution is -2.06. The molecule has 0 bridgehead atoms. The highest BCUT2D eigenvalue weighted by molar-refractivity contribution is 9.10. The van der Waals surface area contributed by atoms with E-state index in [0.717, 1.165) is 0 Å². The van der Waals surface area contributed by atoms with Gasteiger partial charge in [-0.1, -0.05) is 18.2 Å². The highest BCUT2D eigenvalue weighted by Gasteiger charge is 2.15. The Kier molecular flexibility index (Phi) is 4.24. The van der Waals surface area contributed by atoms with E-state index in [0.29, 0.717) is 5.56 Å². The van der Waals surface area contributed by atoms with Gasteiger partial charge in [0.25, 0.3) is 5.69 Å². The molecule has 0 heterocycles. The Balaban J connectivity index is 2.19. The van der Waals surface area contributed by atoms with E-state index < -0.39 is 10.7 Å². The number of carbonyl (C=O) groups excluding carboxylic acids is 1. The van der Waals surface area contributed by atoms with Crippen molar-refractivity contribution in [3.63, 3.8) is 0 Å². The van der Waals surface area contributed by atoms with Gasteiger partial charge in [-0.2, -0.15) is 0 Å². The van der Waals surface area contributed by atoms with Crippen LogP contribution in [0.15, 0.2) is 46.9 Å². The number of rotatable bonds is 4. The molecule has 2 rings (SSSR count). The van der Waals surface area contributed by atoms with Crippen LogP contribution in [0.2, 0.25) is 0 Å². The van der Waals surface area contributed by atoms with Crippen LogP contribution in [-0.4, -0.2) is 10.7 Å². The van der Waals surface area contributed by atoms with E-state index in [1.807, 2.05) is 0 Å². The summed E-state index contributed by atoms with van der Waals surface area (Å²) in [6.07, 6.45) is -0.00856. The molecule has 2 aromatic carbocycles. The molecule has 0 radical (unpaired) electrons. The summed E-state index contributed by atoms with van der Waals surface area (Å²) in [5.74, 6) is -0.975. The van der Waals surface area contributed by atoms with Gasteiger partial charge in [0.1, 0.15) is 5.82 Å². The molecular formula is C14H9BrFNO3. The molecule has 0 atom stereocenters. The first kappa shape index (κ1) is 14.3. The summed E-state index contributed by atoms with van der Waals surface area (Å²) in [6.45, 7) is 0. The second kappa shape index (κ2) is 5.92. The van der Waals surface area contributed by atoms with Crippen molar-refractivity contribution in [3.05, 3.63) is 74.0 Å². The molecule has 0 fully saturated rings. The van der Waals surface area contributed by atoms with E-state index >= 15 is 0 Å². The van der Waals surface area contributed by atoms with Gasteiger partial charge in [0.05, 0.1) is 15.0 Å². The zero-order chi connectivity index (χ0) is 14.7. The van der Waals surface area contributed by atoms with Crippen LogP contribution >= 0.6 is 15.9 Å². The van der Waals surface area contributed by atoms with E-state index in [1.54, 1.807) is 6.07 Å².